The molecule has 138 valence electrons. The van der Waals surface area contributed by atoms with Gasteiger partial charge in [0.25, 0.3) is 0 Å². The highest BCUT2D eigenvalue weighted by Gasteiger charge is 2.22. The molecular weight excluding hydrogens is 348 g/mol. The number of rotatable bonds is 6. The van der Waals surface area contributed by atoms with Crippen molar-refractivity contribution in [2.75, 3.05) is 7.11 Å². The van der Waals surface area contributed by atoms with Crippen molar-refractivity contribution in [1.29, 1.82) is 0 Å². The molecule has 27 heavy (non-hydrogen) atoms. The first-order valence-corrected chi connectivity index (χ1v) is 8.25. The number of nitrogens with one attached hydrogen (secondary N) is 1. The number of alkyl carbamates (subject to hydrolysis) is 1. The van der Waals surface area contributed by atoms with Gasteiger partial charge in [-0.25, -0.2) is 14.6 Å². The molecule has 0 spiro atoms. The van der Waals surface area contributed by atoms with E-state index in [9.17, 15) is 9.59 Å². The van der Waals surface area contributed by atoms with Gasteiger partial charge in [0, 0.05) is 5.56 Å². The van der Waals surface area contributed by atoms with Crippen LogP contribution in [0, 0.1) is 0 Å². The van der Waals surface area contributed by atoms with Crippen LogP contribution in [0.15, 0.2) is 65.1 Å². The number of aromatic nitrogens is 1. The molecule has 1 amide bonds. The zero-order valence-electron chi connectivity index (χ0n) is 14.7. The summed E-state index contributed by atoms with van der Waals surface area (Å²) in [6, 6.07) is 18.4. The first-order valence-electron chi connectivity index (χ1n) is 8.25. The van der Waals surface area contributed by atoms with Gasteiger partial charge in [-0.05, 0) is 5.56 Å². The van der Waals surface area contributed by atoms with Crippen LogP contribution in [0.2, 0.25) is 0 Å². The third kappa shape index (κ3) is 4.72. The van der Waals surface area contributed by atoms with Crippen molar-refractivity contribution >= 4 is 12.1 Å². The van der Waals surface area contributed by atoms with E-state index in [4.69, 9.17) is 13.9 Å². The third-order valence-electron chi connectivity index (χ3n) is 3.68. The summed E-state index contributed by atoms with van der Waals surface area (Å²) in [5.41, 5.74) is 1.62. The van der Waals surface area contributed by atoms with Crippen LogP contribution in [0.5, 0.6) is 0 Å². The van der Waals surface area contributed by atoms with Gasteiger partial charge in [0.05, 0.1) is 13.7 Å². The van der Waals surface area contributed by atoms with Gasteiger partial charge in [-0.3, -0.25) is 0 Å². The second kappa shape index (κ2) is 8.66. The number of esters is 1. The van der Waals surface area contributed by atoms with Gasteiger partial charge in [0.2, 0.25) is 5.89 Å². The summed E-state index contributed by atoms with van der Waals surface area (Å²) in [6.07, 6.45) is -0.613. The highest BCUT2D eigenvalue weighted by Crippen LogP contribution is 2.25. The minimum Gasteiger partial charge on any atom is -0.464 e. The molecule has 0 bridgehead atoms. The monoisotopic (exact) mass is 366 g/mol. The number of nitrogens with zero attached hydrogens (tertiary/aromatic N) is 1. The van der Waals surface area contributed by atoms with E-state index in [1.165, 1.54) is 7.11 Å². The molecule has 0 aliphatic heterocycles. The second-order valence-electron chi connectivity index (χ2n) is 5.56. The lowest BCUT2D eigenvalue weighted by atomic mass is 10.1. The van der Waals surface area contributed by atoms with Crippen LogP contribution in [0.25, 0.3) is 11.3 Å². The molecule has 1 heterocycles. The van der Waals surface area contributed by atoms with Crippen molar-refractivity contribution in [3.05, 3.63) is 77.8 Å². The van der Waals surface area contributed by atoms with Crippen LogP contribution in [0.1, 0.15) is 21.9 Å². The third-order valence-corrected chi connectivity index (χ3v) is 3.68. The summed E-state index contributed by atoms with van der Waals surface area (Å²) in [5.74, 6) is -0.154. The Balaban J connectivity index is 1.65. The first-order chi connectivity index (χ1) is 13.2. The van der Waals surface area contributed by atoms with Gasteiger partial charge < -0.3 is 19.2 Å². The average Bonchev–Trinajstić information content (AvgIpc) is 3.16. The molecular formula is C20H18N2O5. The Morgan fingerprint density at radius 1 is 1.04 bits per heavy atom. The largest absolute Gasteiger partial charge is 0.464 e. The number of benzene rings is 2. The lowest BCUT2D eigenvalue weighted by Gasteiger charge is -2.05. The van der Waals surface area contributed by atoms with Crippen LogP contribution >= 0.6 is 0 Å². The predicted molar refractivity (Wildman–Crippen MR) is 96.7 cm³/mol. The Morgan fingerprint density at radius 3 is 2.37 bits per heavy atom. The normalized spacial score (nSPS) is 10.3. The number of carbonyl (C=O) groups excluding carboxylic acids is 2. The van der Waals surface area contributed by atoms with Crippen LogP contribution in [0.4, 0.5) is 4.79 Å². The highest BCUT2D eigenvalue weighted by molar-refractivity contribution is 5.93. The molecule has 7 heteroatoms. The number of methoxy groups -OCH3 is 1. The van der Waals surface area contributed by atoms with Gasteiger partial charge in [-0.15, -0.1) is 0 Å². The molecule has 3 aromatic rings. The maximum Gasteiger partial charge on any atom is 0.407 e. The standard InChI is InChI=1S/C20H18N2O5/c1-25-19(23)17-18(15-10-6-3-7-11-15)27-16(22-17)12-21-20(24)26-13-14-8-4-2-5-9-14/h2-11H,12-13H2,1H3,(H,21,24). The van der Waals surface area contributed by atoms with Crippen molar-refractivity contribution in [2.45, 2.75) is 13.2 Å². The van der Waals surface area contributed by atoms with Gasteiger partial charge in [-0.2, -0.15) is 0 Å². The molecule has 1 N–H and O–H groups in total. The van der Waals surface area contributed by atoms with Crippen LogP contribution in [0.3, 0.4) is 0 Å². The van der Waals surface area contributed by atoms with Crippen LogP contribution in [-0.2, 0) is 22.6 Å². The van der Waals surface area contributed by atoms with Crippen molar-refractivity contribution in [3.8, 4) is 11.3 Å². The van der Waals surface area contributed by atoms with E-state index in [-0.39, 0.29) is 30.5 Å². The molecule has 7 nitrogen and oxygen atoms in total. The predicted octanol–water partition coefficient (Wildman–Crippen LogP) is 3.55. The van der Waals surface area contributed by atoms with E-state index in [1.807, 2.05) is 48.5 Å². The molecule has 0 unspecified atom stereocenters. The van der Waals surface area contributed by atoms with E-state index in [1.54, 1.807) is 12.1 Å². The fourth-order valence-corrected chi connectivity index (χ4v) is 2.38. The van der Waals surface area contributed by atoms with Crippen LogP contribution < -0.4 is 5.32 Å². The Bertz CT molecular complexity index is 907. The molecule has 0 aliphatic rings. The van der Waals surface area contributed by atoms with Crippen molar-refractivity contribution in [3.63, 3.8) is 0 Å². The smallest absolute Gasteiger partial charge is 0.407 e. The number of amides is 1. The summed E-state index contributed by atoms with van der Waals surface area (Å²) in [7, 11) is 1.27. The van der Waals surface area contributed by atoms with Gasteiger partial charge in [0.15, 0.2) is 11.5 Å². The zero-order valence-corrected chi connectivity index (χ0v) is 14.7. The summed E-state index contributed by atoms with van der Waals surface area (Å²) in [5, 5.41) is 2.55. The Labute approximate surface area is 155 Å². The summed E-state index contributed by atoms with van der Waals surface area (Å²) in [6.45, 7) is 0.130. The lowest BCUT2D eigenvalue weighted by molar-refractivity contribution is 0.0595. The average molecular weight is 366 g/mol. The minimum absolute atomic E-state index is 0.0234. The van der Waals surface area contributed by atoms with Crippen molar-refractivity contribution in [2.24, 2.45) is 0 Å². The SMILES string of the molecule is COC(=O)c1nc(CNC(=O)OCc2ccccc2)oc1-c1ccccc1. The Morgan fingerprint density at radius 2 is 1.70 bits per heavy atom. The Kier molecular flexibility index (Phi) is 5.84. The molecule has 0 aliphatic carbocycles. The van der Waals surface area contributed by atoms with Gasteiger partial charge in [-0.1, -0.05) is 60.7 Å². The maximum absolute atomic E-state index is 12.0. The maximum atomic E-state index is 12.0. The van der Waals surface area contributed by atoms with Crippen LogP contribution in [-0.4, -0.2) is 24.2 Å². The molecule has 3 rings (SSSR count). The van der Waals surface area contributed by atoms with E-state index < -0.39 is 12.1 Å². The summed E-state index contributed by atoms with van der Waals surface area (Å²) >= 11 is 0. The Hall–Kier alpha value is -3.61. The quantitative estimate of drug-likeness (QED) is 0.671. The molecule has 0 atom stereocenters. The highest BCUT2D eigenvalue weighted by atomic mass is 16.5. The van der Waals surface area contributed by atoms with Gasteiger partial charge >= 0.3 is 12.1 Å². The summed E-state index contributed by atoms with van der Waals surface area (Å²) in [4.78, 5) is 27.9. The fourth-order valence-electron chi connectivity index (χ4n) is 2.38. The van der Waals surface area contributed by atoms with E-state index in [2.05, 4.69) is 10.3 Å². The molecule has 1 aromatic heterocycles. The first kappa shape index (κ1) is 18.2. The topological polar surface area (TPSA) is 90.7 Å². The van der Waals surface area contributed by atoms with Gasteiger partial charge in [0.1, 0.15) is 6.61 Å². The number of hydrogen-bond acceptors (Lipinski definition) is 6. The number of hydrogen-bond donors (Lipinski definition) is 1. The zero-order chi connectivity index (χ0) is 19.1. The van der Waals surface area contributed by atoms with E-state index in [0.29, 0.717) is 5.56 Å². The lowest BCUT2D eigenvalue weighted by Crippen LogP contribution is -2.23. The van der Waals surface area contributed by atoms with Crippen molar-refractivity contribution in [1.82, 2.24) is 10.3 Å². The second-order valence-corrected chi connectivity index (χ2v) is 5.56. The van der Waals surface area contributed by atoms with E-state index in [0.717, 1.165) is 5.56 Å². The van der Waals surface area contributed by atoms with E-state index >= 15 is 0 Å². The fraction of sp³-hybridized carbons (Fsp3) is 0.150. The number of carbonyl (C=O) groups is 2. The number of ether oxygens (including phenoxy) is 2. The summed E-state index contributed by atoms with van der Waals surface area (Å²) < 4.78 is 15.5. The molecule has 0 saturated carbocycles. The van der Waals surface area contributed by atoms with Crippen molar-refractivity contribution < 1.29 is 23.5 Å². The minimum atomic E-state index is -0.615. The molecule has 0 radical (unpaired) electrons. The molecule has 0 saturated heterocycles. The molecule has 0 fully saturated rings. The molecule has 2 aromatic carbocycles. The number of oxazole rings is 1.